The summed E-state index contributed by atoms with van der Waals surface area (Å²) in [7, 11) is 0. The lowest BCUT2D eigenvalue weighted by Crippen LogP contribution is -2.46. The van der Waals surface area contributed by atoms with Crippen molar-refractivity contribution in [2.45, 2.75) is 18.9 Å². The summed E-state index contributed by atoms with van der Waals surface area (Å²) in [5.74, 6) is -0.118. The number of pyridine rings is 1. The van der Waals surface area contributed by atoms with Crippen molar-refractivity contribution in [3.05, 3.63) is 75.3 Å². The molecule has 1 aliphatic rings. The van der Waals surface area contributed by atoms with Gasteiger partial charge in [-0.3, -0.25) is 14.6 Å². The summed E-state index contributed by atoms with van der Waals surface area (Å²) in [6.45, 7) is 1.21. The summed E-state index contributed by atoms with van der Waals surface area (Å²) in [6.07, 6.45) is 4.63. The van der Waals surface area contributed by atoms with E-state index in [2.05, 4.69) is 10.3 Å². The summed E-state index contributed by atoms with van der Waals surface area (Å²) in [5, 5.41) is 4.16. The van der Waals surface area contributed by atoms with E-state index in [1.165, 1.54) is 11.3 Å². The minimum atomic E-state index is -0.129. The molecule has 0 radical (unpaired) electrons. The summed E-state index contributed by atoms with van der Waals surface area (Å²) < 4.78 is 0. The maximum atomic E-state index is 12.9. The molecule has 1 fully saturated rings. The van der Waals surface area contributed by atoms with Crippen LogP contribution in [0.4, 0.5) is 0 Å². The fraction of sp³-hybridized carbons (Fsp3) is 0.227. The highest BCUT2D eigenvalue weighted by molar-refractivity contribution is 7.17. The average molecular weight is 460 g/mol. The van der Waals surface area contributed by atoms with E-state index in [9.17, 15) is 9.59 Å². The summed E-state index contributed by atoms with van der Waals surface area (Å²) in [5.41, 5.74) is 1.44. The zero-order valence-electron chi connectivity index (χ0n) is 16.0. The first-order valence-corrected chi connectivity index (χ1v) is 11.1. The van der Waals surface area contributed by atoms with Gasteiger partial charge in [0, 0.05) is 46.4 Å². The molecule has 3 heterocycles. The zero-order valence-corrected chi connectivity index (χ0v) is 18.3. The maximum Gasteiger partial charge on any atom is 0.263 e. The Hall–Kier alpha value is -2.41. The van der Waals surface area contributed by atoms with E-state index in [0.717, 1.165) is 23.3 Å². The second kappa shape index (κ2) is 9.16. The Morgan fingerprint density at radius 3 is 2.47 bits per heavy atom. The van der Waals surface area contributed by atoms with Crippen LogP contribution in [0.25, 0.3) is 10.4 Å². The van der Waals surface area contributed by atoms with Gasteiger partial charge in [0.25, 0.3) is 11.8 Å². The fourth-order valence-electron chi connectivity index (χ4n) is 3.45. The molecule has 1 aromatic carbocycles. The van der Waals surface area contributed by atoms with Crippen LogP contribution in [0.5, 0.6) is 0 Å². The zero-order chi connectivity index (χ0) is 21.1. The van der Waals surface area contributed by atoms with Crippen LogP contribution in [0.15, 0.2) is 54.9 Å². The van der Waals surface area contributed by atoms with Crippen LogP contribution < -0.4 is 5.32 Å². The number of benzene rings is 1. The predicted octanol–water partition coefficient (Wildman–Crippen LogP) is 5.15. The molecule has 1 N–H and O–H groups in total. The van der Waals surface area contributed by atoms with Gasteiger partial charge in [-0.2, -0.15) is 0 Å². The van der Waals surface area contributed by atoms with E-state index >= 15 is 0 Å². The second-order valence-corrected chi connectivity index (χ2v) is 9.06. The third-order valence-corrected chi connectivity index (χ3v) is 6.56. The molecule has 2 aromatic heterocycles. The number of halogens is 2. The number of carbonyl (C=O) groups is 2. The molecule has 30 heavy (non-hydrogen) atoms. The molecular weight excluding hydrogens is 441 g/mol. The lowest BCUT2D eigenvalue weighted by molar-refractivity contribution is 0.0702. The van der Waals surface area contributed by atoms with Gasteiger partial charge in [-0.05, 0) is 60.9 Å². The third-order valence-electron chi connectivity index (χ3n) is 5.00. The molecule has 1 aliphatic heterocycles. The molecule has 1 saturated heterocycles. The number of carbonyl (C=O) groups excluding carboxylic acids is 2. The summed E-state index contributed by atoms with van der Waals surface area (Å²) >= 11 is 13.6. The van der Waals surface area contributed by atoms with Crippen LogP contribution in [0, 0.1) is 0 Å². The van der Waals surface area contributed by atoms with Gasteiger partial charge in [0.1, 0.15) is 0 Å². The van der Waals surface area contributed by atoms with E-state index in [4.69, 9.17) is 23.2 Å². The molecule has 3 aromatic rings. The number of piperidine rings is 1. The van der Waals surface area contributed by atoms with Crippen molar-refractivity contribution in [1.29, 1.82) is 0 Å². The van der Waals surface area contributed by atoms with Crippen molar-refractivity contribution < 1.29 is 9.59 Å². The van der Waals surface area contributed by atoms with Crippen LogP contribution in [0.1, 0.15) is 32.9 Å². The smallest absolute Gasteiger partial charge is 0.263 e. The first-order valence-electron chi connectivity index (χ1n) is 9.56. The van der Waals surface area contributed by atoms with Gasteiger partial charge in [0.2, 0.25) is 0 Å². The van der Waals surface area contributed by atoms with Crippen molar-refractivity contribution in [2.75, 3.05) is 13.1 Å². The molecule has 2 amide bonds. The lowest BCUT2D eigenvalue weighted by Gasteiger charge is -2.32. The minimum Gasteiger partial charge on any atom is -0.349 e. The third kappa shape index (κ3) is 4.83. The number of aromatic nitrogens is 1. The number of nitrogens with zero attached hydrogens (tertiary/aromatic N) is 2. The number of hydrogen-bond acceptors (Lipinski definition) is 4. The van der Waals surface area contributed by atoms with Gasteiger partial charge in [-0.1, -0.05) is 23.2 Å². The van der Waals surface area contributed by atoms with Crippen LogP contribution in [-0.4, -0.2) is 40.8 Å². The highest BCUT2D eigenvalue weighted by Gasteiger charge is 2.26. The predicted molar refractivity (Wildman–Crippen MR) is 120 cm³/mol. The highest BCUT2D eigenvalue weighted by Crippen LogP contribution is 2.33. The molecule has 5 nitrogen and oxygen atoms in total. The molecule has 0 spiro atoms. The van der Waals surface area contributed by atoms with Crippen molar-refractivity contribution in [3.8, 4) is 10.4 Å². The minimum absolute atomic E-state index is 0.0106. The number of rotatable bonds is 4. The van der Waals surface area contributed by atoms with Crippen LogP contribution >= 0.6 is 34.5 Å². The van der Waals surface area contributed by atoms with Gasteiger partial charge < -0.3 is 10.2 Å². The lowest BCUT2D eigenvalue weighted by atomic mass is 10.0. The van der Waals surface area contributed by atoms with E-state index in [1.54, 1.807) is 30.6 Å². The number of amides is 2. The van der Waals surface area contributed by atoms with E-state index in [0.29, 0.717) is 33.6 Å². The van der Waals surface area contributed by atoms with Gasteiger partial charge in [-0.25, -0.2) is 0 Å². The molecule has 8 heteroatoms. The molecule has 154 valence electrons. The van der Waals surface area contributed by atoms with Gasteiger partial charge in [0.15, 0.2) is 0 Å². The number of likely N-dealkylation sites (tertiary alicyclic amines) is 1. The SMILES string of the molecule is O=C(NC1CCN(C(=O)c2ccc(-c3cc(Cl)cc(Cl)c3)s2)CC1)c1cccnc1. The number of nitrogens with one attached hydrogen (secondary N) is 1. The Morgan fingerprint density at radius 1 is 1.07 bits per heavy atom. The monoisotopic (exact) mass is 459 g/mol. The molecule has 0 bridgehead atoms. The number of thiophene rings is 1. The van der Waals surface area contributed by atoms with E-state index < -0.39 is 0 Å². The first kappa shape index (κ1) is 20.8. The highest BCUT2D eigenvalue weighted by atomic mass is 35.5. The van der Waals surface area contributed by atoms with Crippen molar-refractivity contribution in [2.24, 2.45) is 0 Å². The molecule has 0 aliphatic carbocycles. The van der Waals surface area contributed by atoms with Crippen molar-refractivity contribution in [1.82, 2.24) is 15.2 Å². The summed E-state index contributed by atoms with van der Waals surface area (Å²) in [4.78, 5) is 32.6. The Balaban J connectivity index is 1.35. The maximum absolute atomic E-state index is 12.9. The van der Waals surface area contributed by atoms with Crippen molar-refractivity contribution in [3.63, 3.8) is 0 Å². The quantitative estimate of drug-likeness (QED) is 0.586. The Morgan fingerprint density at radius 2 is 1.80 bits per heavy atom. The Kier molecular flexibility index (Phi) is 6.37. The molecule has 0 unspecified atom stereocenters. The average Bonchev–Trinajstić information content (AvgIpc) is 3.24. The number of hydrogen-bond donors (Lipinski definition) is 1. The topological polar surface area (TPSA) is 62.3 Å². The molecule has 4 rings (SSSR count). The standard InChI is InChI=1S/C22H19Cl2N3O2S/c23-16-10-15(11-17(24)12-16)19-3-4-20(30-19)22(29)27-8-5-18(6-9-27)26-21(28)14-2-1-7-25-13-14/h1-4,7,10-13,18H,5-6,8-9H2,(H,26,28). The second-order valence-electron chi connectivity index (χ2n) is 7.10. The van der Waals surface area contributed by atoms with Crippen molar-refractivity contribution >= 4 is 46.4 Å². The summed E-state index contributed by atoms with van der Waals surface area (Å²) in [6, 6.07) is 12.6. The molecular formula is C22H19Cl2N3O2S. The fourth-order valence-corrected chi connectivity index (χ4v) is 4.94. The van der Waals surface area contributed by atoms with Crippen LogP contribution in [-0.2, 0) is 0 Å². The van der Waals surface area contributed by atoms with Crippen LogP contribution in [0.3, 0.4) is 0 Å². The Labute approximate surface area is 188 Å². The van der Waals surface area contributed by atoms with Crippen LogP contribution in [0.2, 0.25) is 10.0 Å². The normalized spacial score (nSPS) is 14.5. The van der Waals surface area contributed by atoms with Gasteiger partial charge in [0.05, 0.1) is 10.4 Å². The van der Waals surface area contributed by atoms with Gasteiger partial charge in [-0.15, -0.1) is 11.3 Å². The largest absolute Gasteiger partial charge is 0.349 e. The van der Waals surface area contributed by atoms with Gasteiger partial charge >= 0.3 is 0 Å². The van der Waals surface area contributed by atoms with E-state index in [-0.39, 0.29) is 17.9 Å². The molecule has 0 atom stereocenters. The Bertz CT molecular complexity index is 1040. The first-order chi connectivity index (χ1) is 14.5. The molecule has 0 saturated carbocycles. The van der Waals surface area contributed by atoms with E-state index in [1.807, 2.05) is 29.2 Å².